The molecule has 4 rings (SSSR count). The van der Waals surface area contributed by atoms with Gasteiger partial charge in [0.25, 0.3) is 5.91 Å². The molecule has 0 radical (unpaired) electrons. The Kier molecular flexibility index (Phi) is 5.09. The molecule has 0 spiro atoms. The van der Waals surface area contributed by atoms with Gasteiger partial charge in [0.1, 0.15) is 0 Å². The topological polar surface area (TPSA) is 94.0 Å². The zero-order valence-electron chi connectivity index (χ0n) is 16.5. The van der Waals surface area contributed by atoms with E-state index in [0.717, 1.165) is 11.8 Å². The van der Waals surface area contributed by atoms with E-state index in [0.29, 0.717) is 34.5 Å². The van der Waals surface area contributed by atoms with Gasteiger partial charge < -0.3 is 5.32 Å². The standard InChI is InChI=1S/C22H20N4O3S/c1-3-26-21-19(14-23-26)18(13-20(25-21)15-7-5-4-6-8-15)22(27)24-16-9-11-17(12-10-16)30(2,28)29/h4-14H,3H2,1-2H3,(H,24,27). The number of fused-ring (bicyclic) bond motifs is 1. The fraction of sp³-hybridized carbons (Fsp3) is 0.136. The Bertz CT molecular complexity index is 1330. The van der Waals surface area contributed by atoms with E-state index in [-0.39, 0.29) is 10.8 Å². The number of aromatic nitrogens is 3. The summed E-state index contributed by atoms with van der Waals surface area (Å²) in [6, 6.07) is 17.5. The summed E-state index contributed by atoms with van der Waals surface area (Å²) in [6.45, 7) is 2.59. The summed E-state index contributed by atoms with van der Waals surface area (Å²) >= 11 is 0. The van der Waals surface area contributed by atoms with Gasteiger partial charge in [0.05, 0.1) is 27.7 Å². The second kappa shape index (κ2) is 7.72. The highest BCUT2D eigenvalue weighted by molar-refractivity contribution is 7.90. The molecule has 30 heavy (non-hydrogen) atoms. The second-order valence-electron chi connectivity index (χ2n) is 6.87. The summed E-state index contributed by atoms with van der Waals surface area (Å²) in [5, 5.41) is 7.84. The van der Waals surface area contributed by atoms with Gasteiger partial charge >= 0.3 is 0 Å². The number of anilines is 1. The Labute approximate surface area is 174 Å². The zero-order chi connectivity index (χ0) is 21.3. The van der Waals surface area contributed by atoms with Crippen LogP contribution in [0, 0.1) is 0 Å². The van der Waals surface area contributed by atoms with E-state index in [9.17, 15) is 13.2 Å². The third-order valence-electron chi connectivity index (χ3n) is 4.76. The molecular weight excluding hydrogens is 400 g/mol. The molecule has 0 aliphatic rings. The second-order valence-corrected chi connectivity index (χ2v) is 8.89. The number of pyridine rings is 1. The molecule has 8 heteroatoms. The lowest BCUT2D eigenvalue weighted by atomic mass is 10.1. The minimum absolute atomic E-state index is 0.197. The Balaban J connectivity index is 1.75. The average Bonchev–Trinajstić information content (AvgIpc) is 3.16. The largest absolute Gasteiger partial charge is 0.322 e. The summed E-state index contributed by atoms with van der Waals surface area (Å²) in [6.07, 6.45) is 2.78. The molecule has 0 fully saturated rings. The number of nitrogens with zero attached hydrogens (tertiary/aromatic N) is 3. The maximum absolute atomic E-state index is 13.1. The van der Waals surface area contributed by atoms with E-state index in [2.05, 4.69) is 10.4 Å². The van der Waals surface area contributed by atoms with Crippen molar-refractivity contribution >= 4 is 32.5 Å². The summed E-state index contributed by atoms with van der Waals surface area (Å²) in [7, 11) is -3.30. The number of hydrogen-bond acceptors (Lipinski definition) is 5. The van der Waals surface area contributed by atoms with Crippen molar-refractivity contribution in [2.45, 2.75) is 18.4 Å². The third-order valence-corrected chi connectivity index (χ3v) is 5.89. The summed E-state index contributed by atoms with van der Waals surface area (Å²) in [4.78, 5) is 18.0. The van der Waals surface area contributed by atoms with Crippen LogP contribution >= 0.6 is 0 Å². The smallest absolute Gasteiger partial charge is 0.256 e. The molecule has 0 aliphatic carbocycles. The maximum Gasteiger partial charge on any atom is 0.256 e. The van der Waals surface area contributed by atoms with Gasteiger partial charge in [-0.25, -0.2) is 18.1 Å². The van der Waals surface area contributed by atoms with E-state index >= 15 is 0 Å². The lowest BCUT2D eigenvalue weighted by Gasteiger charge is -2.10. The molecule has 0 saturated heterocycles. The van der Waals surface area contributed by atoms with E-state index in [1.165, 1.54) is 12.1 Å². The average molecular weight is 420 g/mol. The van der Waals surface area contributed by atoms with Gasteiger partial charge in [-0.1, -0.05) is 30.3 Å². The molecule has 0 saturated carbocycles. The molecule has 0 bridgehead atoms. The van der Waals surface area contributed by atoms with Crippen LogP contribution in [0.25, 0.3) is 22.3 Å². The Morgan fingerprint density at radius 1 is 1.07 bits per heavy atom. The van der Waals surface area contributed by atoms with E-state index in [1.807, 2.05) is 37.3 Å². The first-order valence-electron chi connectivity index (χ1n) is 9.40. The van der Waals surface area contributed by atoms with Crippen molar-refractivity contribution in [2.24, 2.45) is 0 Å². The van der Waals surface area contributed by atoms with Crippen LogP contribution in [0.2, 0.25) is 0 Å². The van der Waals surface area contributed by atoms with Crippen molar-refractivity contribution in [3.8, 4) is 11.3 Å². The Morgan fingerprint density at radius 3 is 2.40 bits per heavy atom. The van der Waals surface area contributed by atoms with Crippen molar-refractivity contribution in [3.63, 3.8) is 0 Å². The van der Waals surface area contributed by atoms with Gasteiger partial charge in [0, 0.05) is 24.1 Å². The Morgan fingerprint density at radius 2 is 1.77 bits per heavy atom. The van der Waals surface area contributed by atoms with Crippen molar-refractivity contribution in [1.29, 1.82) is 0 Å². The molecule has 152 valence electrons. The predicted molar refractivity (Wildman–Crippen MR) is 116 cm³/mol. The highest BCUT2D eigenvalue weighted by Crippen LogP contribution is 2.26. The van der Waals surface area contributed by atoms with Crippen LogP contribution in [0.3, 0.4) is 0 Å². The summed E-state index contributed by atoms with van der Waals surface area (Å²) < 4.78 is 25.0. The monoisotopic (exact) mass is 420 g/mol. The number of benzene rings is 2. The number of carbonyl (C=O) groups is 1. The summed E-state index contributed by atoms with van der Waals surface area (Å²) in [5.41, 5.74) is 3.16. The SMILES string of the molecule is CCn1ncc2c(C(=O)Nc3ccc(S(C)(=O)=O)cc3)cc(-c3ccccc3)nc21. The minimum atomic E-state index is -3.30. The first kappa shape index (κ1) is 19.8. The fourth-order valence-corrected chi connectivity index (χ4v) is 3.84. The fourth-order valence-electron chi connectivity index (χ4n) is 3.21. The molecule has 0 unspecified atom stereocenters. The number of aryl methyl sites for hydroxylation is 1. The van der Waals surface area contributed by atoms with Gasteiger partial charge in [-0.3, -0.25) is 4.79 Å². The third kappa shape index (κ3) is 3.81. The Hall–Kier alpha value is -3.52. The van der Waals surface area contributed by atoms with Crippen LogP contribution in [0.15, 0.2) is 71.8 Å². The van der Waals surface area contributed by atoms with Gasteiger partial charge in [0.15, 0.2) is 15.5 Å². The zero-order valence-corrected chi connectivity index (χ0v) is 17.3. The van der Waals surface area contributed by atoms with Crippen molar-refractivity contribution in [3.05, 3.63) is 72.4 Å². The van der Waals surface area contributed by atoms with Crippen LogP contribution in [0.4, 0.5) is 5.69 Å². The van der Waals surface area contributed by atoms with Crippen LogP contribution in [-0.4, -0.2) is 35.3 Å². The summed E-state index contributed by atoms with van der Waals surface area (Å²) in [5.74, 6) is -0.317. The lowest BCUT2D eigenvalue weighted by molar-refractivity contribution is 0.102. The number of nitrogens with one attached hydrogen (secondary N) is 1. The molecule has 4 aromatic rings. The highest BCUT2D eigenvalue weighted by Gasteiger charge is 2.18. The van der Waals surface area contributed by atoms with Gasteiger partial charge in [0.2, 0.25) is 0 Å². The molecule has 0 aliphatic heterocycles. The highest BCUT2D eigenvalue weighted by atomic mass is 32.2. The molecule has 2 aromatic heterocycles. The molecule has 2 heterocycles. The van der Waals surface area contributed by atoms with Crippen LogP contribution in [-0.2, 0) is 16.4 Å². The van der Waals surface area contributed by atoms with Gasteiger partial charge in [-0.05, 0) is 37.3 Å². The molecule has 1 N–H and O–H groups in total. The van der Waals surface area contributed by atoms with Crippen molar-refractivity contribution in [1.82, 2.24) is 14.8 Å². The van der Waals surface area contributed by atoms with Crippen LogP contribution in [0.5, 0.6) is 0 Å². The molecule has 7 nitrogen and oxygen atoms in total. The van der Waals surface area contributed by atoms with Gasteiger partial charge in [-0.2, -0.15) is 5.10 Å². The predicted octanol–water partition coefficient (Wildman–Crippen LogP) is 3.77. The van der Waals surface area contributed by atoms with Gasteiger partial charge in [-0.15, -0.1) is 0 Å². The van der Waals surface area contributed by atoms with E-state index in [4.69, 9.17) is 4.98 Å². The number of sulfone groups is 1. The number of hydrogen-bond donors (Lipinski definition) is 1. The van der Waals surface area contributed by atoms with Crippen molar-refractivity contribution in [2.75, 3.05) is 11.6 Å². The van der Waals surface area contributed by atoms with Crippen molar-refractivity contribution < 1.29 is 13.2 Å². The van der Waals surface area contributed by atoms with E-state index in [1.54, 1.807) is 29.1 Å². The number of rotatable bonds is 5. The normalized spacial score (nSPS) is 11.5. The number of carbonyl (C=O) groups excluding carboxylic acids is 1. The first-order valence-corrected chi connectivity index (χ1v) is 11.3. The molecular formula is C22H20N4O3S. The first-order chi connectivity index (χ1) is 14.4. The molecule has 1 amide bonds. The lowest BCUT2D eigenvalue weighted by Crippen LogP contribution is -2.13. The molecule has 0 atom stereocenters. The van der Waals surface area contributed by atoms with E-state index < -0.39 is 9.84 Å². The minimum Gasteiger partial charge on any atom is -0.322 e. The molecule has 2 aromatic carbocycles. The number of amides is 1. The van der Waals surface area contributed by atoms with Crippen LogP contribution in [0.1, 0.15) is 17.3 Å². The quantitative estimate of drug-likeness (QED) is 0.530. The maximum atomic E-state index is 13.1. The van der Waals surface area contributed by atoms with Crippen LogP contribution < -0.4 is 5.32 Å².